The van der Waals surface area contributed by atoms with Gasteiger partial charge in [-0.2, -0.15) is 0 Å². The average Bonchev–Trinajstić information content (AvgIpc) is 3.26. The Morgan fingerprint density at radius 3 is 2.70 bits per heavy atom. The summed E-state index contributed by atoms with van der Waals surface area (Å²) in [6.45, 7) is 6.46. The summed E-state index contributed by atoms with van der Waals surface area (Å²) in [6.07, 6.45) is 2.39. The molecule has 3 aromatic rings. The number of allylic oxidation sites excluding steroid dienone is 1. The van der Waals surface area contributed by atoms with Crippen molar-refractivity contribution in [2.75, 3.05) is 17.7 Å². The summed E-state index contributed by atoms with van der Waals surface area (Å²) in [4.78, 5) is 37.1. The van der Waals surface area contributed by atoms with Gasteiger partial charge in [-0.3, -0.25) is 9.59 Å². The largest absolute Gasteiger partial charge is 0.462 e. The molecule has 0 atom stereocenters. The fourth-order valence-electron chi connectivity index (χ4n) is 3.13. The number of benzene rings is 2. The zero-order chi connectivity index (χ0) is 26.8. The Hall–Kier alpha value is -3.34. The number of nitrogens with one attached hydrogen (secondary N) is 2. The summed E-state index contributed by atoms with van der Waals surface area (Å²) >= 11 is 13.2. The molecule has 1 heterocycles. The highest BCUT2D eigenvalue weighted by Crippen LogP contribution is 2.22. The molecule has 194 valence electrons. The molecule has 37 heavy (non-hydrogen) atoms. The van der Waals surface area contributed by atoms with Crippen LogP contribution < -0.4 is 10.6 Å². The van der Waals surface area contributed by atoms with Gasteiger partial charge in [0.25, 0.3) is 5.91 Å². The summed E-state index contributed by atoms with van der Waals surface area (Å²) in [7, 11) is 0. The highest BCUT2D eigenvalue weighted by molar-refractivity contribution is 7.99. The molecule has 2 N–H and O–H groups in total. The van der Waals surface area contributed by atoms with Gasteiger partial charge in [0, 0.05) is 17.3 Å². The minimum absolute atomic E-state index is 0.0481. The van der Waals surface area contributed by atoms with Gasteiger partial charge in [-0.15, -0.1) is 16.8 Å². The Kier molecular flexibility index (Phi) is 10.6. The molecule has 0 bridgehead atoms. The zero-order valence-corrected chi connectivity index (χ0v) is 22.3. The third kappa shape index (κ3) is 8.08. The van der Waals surface area contributed by atoms with E-state index in [-0.39, 0.29) is 34.7 Å². The van der Waals surface area contributed by atoms with Crippen molar-refractivity contribution in [2.24, 2.45) is 0 Å². The minimum Gasteiger partial charge on any atom is -0.462 e. The first kappa shape index (κ1) is 28.2. The molecule has 12 heteroatoms. The Balaban J connectivity index is 1.59. The van der Waals surface area contributed by atoms with Crippen molar-refractivity contribution in [2.45, 2.75) is 31.6 Å². The topological polar surface area (TPSA) is 115 Å². The molecular formula is C25H25Cl2N5O4S. The number of rotatable bonds is 12. The summed E-state index contributed by atoms with van der Waals surface area (Å²) in [5, 5.41) is 15.0. The van der Waals surface area contributed by atoms with Crippen molar-refractivity contribution in [3.8, 4) is 0 Å². The molecular weight excluding hydrogens is 537 g/mol. The van der Waals surface area contributed by atoms with Gasteiger partial charge < -0.3 is 19.9 Å². The van der Waals surface area contributed by atoms with Crippen molar-refractivity contribution in [1.29, 1.82) is 0 Å². The predicted octanol–water partition coefficient (Wildman–Crippen LogP) is 5.00. The van der Waals surface area contributed by atoms with Gasteiger partial charge in [0.1, 0.15) is 0 Å². The summed E-state index contributed by atoms with van der Waals surface area (Å²) in [5.74, 6) is -0.581. The van der Waals surface area contributed by atoms with Crippen LogP contribution in [0.15, 0.2) is 60.3 Å². The van der Waals surface area contributed by atoms with Crippen molar-refractivity contribution < 1.29 is 19.1 Å². The number of thioether (sulfide) groups is 1. The first-order valence-corrected chi connectivity index (χ1v) is 13.0. The lowest BCUT2D eigenvalue weighted by atomic mass is 10.2. The van der Waals surface area contributed by atoms with Crippen LogP contribution in [-0.4, -0.2) is 44.9 Å². The molecule has 0 unspecified atom stereocenters. The number of anilines is 1. The highest BCUT2D eigenvalue weighted by atomic mass is 35.5. The number of hydrogen-bond donors (Lipinski definition) is 2. The van der Waals surface area contributed by atoms with E-state index in [1.54, 1.807) is 41.0 Å². The number of nitrogens with zero attached hydrogens (tertiary/aromatic N) is 3. The van der Waals surface area contributed by atoms with Gasteiger partial charge in [-0.05, 0) is 42.8 Å². The van der Waals surface area contributed by atoms with Crippen molar-refractivity contribution in [3.05, 3.63) is 82.1 Å². The molecule has 0 fully saturated rings. The van der Waals surface area contributed by atoms with Crippen LogP contribution in [0.4, 0.5) is 5.69 Å². The molecule has 2 amide bonds. The SMILES string of the molecule is C=CCn1c(CNC(=O)c2ccc(Cl)cc2Cl)nnc1SCC(=O)Nc1cccc(C(=O)OCCC)c1. The van der Waals surface area contributed by atoms with E-state index < -0.39 is 5.97 Å². The van der Waals surface area contributed by atoms with Crippen molar-refractivity contribution >= 4 is 58.4 Å². The molecule has 0 saturated heterocycles. The molecule has 0 aliphatic carbocycles. The van der Waals surface area contributed by atoms with E-state index in [1.807, 2.05) is 6.92 Å². The Bertz CT molecular complexity index is 1300. The highest BCUT2D eigenvalue weighted by Gasteiger charge is 2.16. The second kappa shape index (κ2) is 13.8. The maximum atomic E-state index is 12.5. The van der Waals surface area contributed by atoms with Gasteiger partial charge in [0.15, 0.2) is 11.0 Å². The summed E-state index contributed by atoms with van der Waals surface area (Å²) in [5.41, 5.74) is 1.12. The van der Waals surface area contributed by atoms with E-state index in [9.17, 15) is 14.4 Å². The van der Waals surface area contributed by atoms with Crippen LogP contribution in [-0.2, 0) is 22.6 Å². The normalized spacial score (nSPS) is 10.6. The minimum atomic E-state index is -0.442. The van der Waals surface area contributed by atoms with E-state index in [1.165, 1.54) is 23.9 Å². The van der Waals surface area contributed by atoms with Crippen molar-refractivity contribution in [3.63, 3.8) is 0 Å². The molecule has 0 spiro atoms. The first-order chi connectivity index (χ1) is 17.8. The number of halogens is 2. The van der Waals surface area contributed by atoms with Gasteiger partial charge in [-0.1, -0.05) is 54.0 Å². The maximum absolute atomic E-state index is 12.5. The van der Waals surface area contributed by atoms with Gasteiger partial charge in [0.05, 0.1) is 35.1 Å². The molecule has 0 radical (unpaired) electrons. The van der Waals surface area contributed by atoms with Crippen LogP contribution in [0.3, 0.4) is 0 Å². The molecule has 3 rings (SSSR count). The lowest BCUT2D eigenvalue weighted by Crippen LogP contribution is -2.25. The lowest BCUT2D eigenvalue weighted by Gasteiger charge is -2.10. The second-order valence-electron chi connectivity index (χ2n) is 7.66. The maximum Gasteiger partial charge on any atom is 0.338 e. The van der Waals surface area contributed by atoms with E-state index in [0.29, 0.717) is 40.4 Å². The van der Waals surface area contributed by atoms with E-state index in [0.717, 1.165) is 6.42 Å². The van der Waals surface area contributed by atoms with E-state index in [2.05, 4.69) is 27.4 Å². The molecule has 2 aromatic carbocycles. The Morgan fingerprint density at radius 2 is 1.97 bits per heavy atom. The predicted molar refractivity (Wildman–Crippen MR) is 144 cm³/mol. The van der Waals surface area contributed by atoms with Gasteiger partial charge >= 0.3 is 5.97 Å². The lowest BCUT2D eigenvalue weighted by molar-refractivity contribution is -0.113. The third-order valence-corrected chi connectivity index (χ3v) is 6.35. The number of hydrogen-bond acceptors (Lipinski definition) is 7. The average molecular weight is 562 g/mol. The third-order valence-electron chi connectivity index (χ3n) is 4.84. The zero-order valence-electron chi connectivity index (χ0n) is 20.0. The molecule has 0 aliphatic rings. The first-order valence-electron chi connectivity index (χ1n) is 11.3. The number of amides is 2. The number of carbonyl (C=O) groups is 3. The number of esters is 1. The standard InChI is InChI=1S/C25H25Cl2N5O4S/c1-3-10-32-21(14-28-23(34)19-9-8-17(26)13-20(19)27)30-31-25(32)37-15-22(33)29-18-7-5-6-16(12-18)24(35)36-11-4-2/h3,5-9,12-13H,1,4,10-11,14-15H2,2H3,(H,28,34)(H,29,33). The fraction of sp³-hybridized carbons (Fsp3) is 0.240. The van der Waals surface area contributed by atoms with Crippen molar-refractivity contribution in [1.82, 2.24) is 20.1 Å². The Labute approximate surface area is 228 Å². The van der Waals surface area contributed by atoms with E-state index >= 15 is 0 Å². The van der Waals surface area contributed by atoms with Crippen LogP contribution in [0.25, 0.3) is 0 Å². The smallest absolute Gasteiger partial charge is 0.338 e. The number of aromatic nitrogens is 3. The molecule has 0 saturated carbocycles. The van der Waals surface area contributed by atoms with Crippen LogP contribution in [0.2, 0.25) is 10.0 Å². The molecule has 9 nitrogen and oxygen atoms in total. The second-order valence-corrected chi connectivity index (χ2v) is 9.44. The fourth-order valence-corrected chi connectivity index (χ4v) is 4.39. The quantitative estimate of drug-likeness (QED) is 0.181. The van der Waals surface area contributed by atoms with E-state index in [4.69, 9.17) is 27.9 Å². The summed E-state index contributed by atoms with van der Waals surface area (Å²) < 4.78 is 6.88. The number of carbonyl (C=O) groups excluding carboxylic acids is 3. The van der Waals surface area contributed by atoms with Gasteiger partial charge in [-0.25, -0.2) is 4.79 Å². The van der Waals surface area contributed by atoms with Crippen LogP contribution >= 0.6 is 35.0 Å². The summed E-state index contributed by atoms with van der Waals surface area (Å²) in [6, 6.07) is 11.2. The van der Waals surface area contributed by atoms with Crippen LogP contribution in [0.5, 0.6) is 0 Å². The van der Waals surface area contributed by atoms with Crippen LogP contribution in [0.1, 0.15) is 39.9 Å². The molecule has 0 aliphatic heterocycles. The van der Waals surface area contributed by atoms with Gasteiger partial charge in [0.2, 0.25) is 5.91 Å². The monoisotopic (exact) mass is 561 g/mol. The molecule has 1 aromatic heterocycles. The Morgan fingerprint density at radius 1 is 1.16 bits per heavy atom. The number of ether oxygens (including phenoxy) is 1. The van der Waals surface area contributed by atoms with Crippen LogP contribution in [0, 0.1) is 0 Å².